The zero-order valence-corrected chi connectivity index (χ0v) is 17.5. The lowest BCUT2D eigenvalue weighted by Gasteiger charge is -2.09. The minimum atomic E-state index is -0.547. The highest BCUT2D eigenvalue weighted by Gasteiger charge is 2.14. The van der Waals surface area contributed by atoms with E-state index in [0.717, 1.165) is 17.0 Å². The van der Waals surface area contributed by atoms with Crippen LogP contribution in [0.4, 0.5) is 10.5 Å². The number of thiophene rings is 1. The summed E-state index contributed by atoms with van der Waals surface area (Å²) in [5, 5.41) is 16.0. The van der Waals surface area contributed by atoms with Gasteiger partial charge in [-0.15, -0.1) is 21.5 Å². The number of aryl methyl sites for hydroxylation is 2. The lowest BCUT2D eigenvalue weighted by Crippen LogP contribution is -2.35. The van der Waals surface area contributed by atoms with Gasteiger partial charge in [0.05, 0.1) is 5.75 Å². The highest BCUT2D eigenvalue weighted by atomic mass is 32.2. The fourth-order valence-electron chi connectivity index (χ4n) is 2.59. The van der Waals surface area contributed by atoms with Gasteiger partial charge in [-0.25, -0.2) is 4.79 Å². The second-order valence-corrected chi connectivity index (χ2v) is 8.30. The van der Waals surface area contributed by atoms with Gasteiger partial charge < -0.3 is 9.88 Å². The van der Waals surface area contributed by atoms with E-state index in [1.165, 1.54) is 16.6 Å². The molecule has 3 aromatic rings. The van der Waals surface area contributed by atoms with Crippen molar-refractivity contribution in [3.63, 3.8) is 0 Å². The molecule has 0 radical (unpaired) electrons. The molecule has 7 nitrogen and oxygen atoms in total. The van der Waals surface area contributed by atoms with E-state index < -0.39 is 11.9 Å². The highest BCUT2D eigenvalue weighted by molar-refractivity contribution is 7.99. The molecule has 9 heteroatoms. The zero-order valence-electron chi connectivity index (χ0n) is 15.9. The molecule has 146 valence electrons. The fourth-order valence-corrected chi connectivity index (χ4v) is 4.03. The minimum absolute atomic E-state index is 0.0747. The number of carbonyl (C=O) groups is 2. The fraction of sp³-hybridized carbons (Fsp3) is 0.263. The Morgan fingerprint density at radius 2 is 2.04 bits per heavy atom. The van der Waals surface area contributed by atoms with Crippen LogP contribution in [0.5, 0.6) is 0 Å². The van der Waals surface area contributed by atoms with Crippen LogP contribution in [0, 0.1) is 13.8 Å². The third kappa shape index (κ3) is 5.20. The molecule has 0 bridgehead atoms. The minimum Gasteiger partial charge on any atom is -0.309 e. The number of urea groups is 1. The van der Waals surface area contributed by atoms with E-state index in [2.05, 4.69) is 20.8 Å². The van der Waals surface area contributed by atoms with E-state index in [0.29, 0.717) is 17.3 Å². The van der Waals surface area contributed by atoms with Crippen LogP contribution in [0.15, 0.2) is 40.9 Å². The van der Waals surface area contributed by atoms with Crippen molar-refractivity contribution in [3.05, 3.63) is 57.5 Å². The molecule has 0 aliphatic heterocycles. The summed E-state index contributed by atoms with van der Waals surface area (Å²) in [5.74, 6) is 0.513. The summed E-state index contributed by atoms with van der Waals surface area (Å²) < 4.78 is 1.87. The van der Waals surface area contributed by atoms with Gasteiger partial charge in [0.1, 0.15) is 5.82 Å². The first-order chi connectivity index (χ1) is 13.4. The molecule has 3 amide bonds. The monoisotopic (exact) mass is 415 g/mol. The standard InChI is InChI=1S/C19H21N5O2S2/c1-12-6-7-15(13(2)9-12)20-18(26)21-17(25)11-28-19-23-22-16(24(19)3)10-14-5-4-8-27-14/h4-9H,10-11H2,1-3H3,(H2,20,21,25,26). The van der Waals surface area contributed by atoms with Crippen molar-refractivity contribution in [1.82, 2.24) is 20.1 Å². The molecule has 0 unspecified atom stereocenters. The Morgan fingerprint density at radius 3 is 2.75 bits per heavy atom. The molecule has 28 heavy (non-hydrogen) atoms. The number of hydrogen-bond donors (Lipinski definition) is 2. The smallest absolute Gasteiger partial charge is 0.309 e. The second kappa shape index (κ2) is 9.03. The van der Waals surface area contributed by atoms with Gasteiger partial charge in [0.25, 0.3) is 0 Å². The molecule has 3 rings (SSSR count). The molecule has 0 aliphatic rings. The molecule has 0 aliphatic carbocycles. The van der Waals surface area contributed by atoms with Gasteiger partial charge in [0.2, 0.25) is 5.91 Å². The van der Waals surface area contributed by atoms with E-state index in [1.54, 1.807) is 11.3 Å². The van der Waals surface area contributed by atoms with Gasteiger partial charge in [0.15, 0.2) is 5.16 Å². The number of anilines is 1. The summed E-state index contributed by atoms with van der Waals surface area (Å²) in [6, 6.07) is 9.19. The molecule has 2 heterocycles. The van der Waals surface area contributed by atoms with Gasteiger partial charge in [-0.1, -0.05) is 35.5 Å². The van der Waals surface area contributed by atoms with Crippen LogP contribution in [0.1, 0.15) is 21.8 Å². The lowest BCUT2D eigenvalue weighted by atomic mass is 10.1. The van der Waals surface area contributed by atoms with Gasteiger partial charge in [-0.3, -0.25) is 10.1 Å². The van der Waals surface area contributed by atoms with Crippen molar-refractivity contribution in [2.24, 2.45) is 7.05 Å². The van der Waals surface area contributed by atoms with Gasteiger partial charge in [-0.05, 0) is 36.9 Å². The van der Waals surface area contributed by atoms with Crippen molar-refractivity contribution in [1.29, 1.82) is 0 Å². The largest absolute Gasteiger partial charge is 0.325 e. The number of imide groups is 1. The molecular formula is C19H21N5O2S2. The van der Waals surface area contributed by atoms with E-state index in [1.807, 2.05) is 61.2 Å². The maximum Gasteiger partial charge on any atom is 0.325 e. The van der Waals surface area contributed by atoms with Crippen molar-refractivity contribution in [3.8, 4) is 0 Å². The normalized spacial score (nSPS) is 10.7. The Balaban J connectivity index is 1.50. The lowest BCUT2D eigenvalue weighted by molar-refractivity contribution is -0.117. The topological polar surface area (TPSA) is 88.9 Å². The SMILES string of the molecule is Cc1ccc(NC(=O)NC(=O)CSc2nnc(Cc3cccs3)n2C)c(C)c1. The van der Waals surface area contributed by atoms with Crippen LogP contribution in [-0.2, 0) is 18.3 Å². The second-order valence-electron chi connectivity index (χ2n) is 6.32. The van der Waals surface area contributed by atoms with Crippen molar-refractivity contribution in [2.75, 3.05) is 11.1 Å². The summed E-state index contributed by atoms with van der Waals surface area (Å²) in [6.07, 6.45) is 0.701. The number of carbonyl (C=O) groups excluding carboxylic acids is 2. The van der Waals surface area contributed by atoms with Crippen LogP contribution < -0.4 is 10.6 Å². The van der Waals surface area contributed by atoms with E-state index in [-0.39, 0.29) is 5.75 Å². The Kier molecular flexibility index (Phi) is 6.48. The van der Waals surface area contributed by atoms with Crippen molar-refractivity contribution >= 4 is 40.7 Å². The van der Waals surface area contributed by atoms with Crippen molar-refractivity contribution in [2.45, 2.75) is 25.4 Å². The predicted molar refractivity (Wildman–Crippen MR) is 112 cm³/mol. The summed E-state index contributed by atoms with van der Waals surface area (Å²) in [7, 11) is 1.87. The Labute approximate surface area is 171 Å². The van der Waals surface area contributed by atoms with Crippen LogP contribution in [-0.4, -0.2) is 32.5 Å². The molecule has 0 spiro atoms. The first-order valence-electron chi connectivity index (χ1n) is 8.64. The quantitative estimate of drug-likeness (QED) is 0.601. The number of aromatic nitrogens is 3. The number of nitrogens with zero attached hydrogens (tertiary/aromatic N) is 3. The summed E-state index contributed by atoms with van der Waals surface area (Å²) in [5.41, 5.74) is 2.72. The van der Waals surface area contributed by atoms with Gasteiger partial charge in [-0.2, -0.15) is 0 Å². The van der Waals surface area contributed by atoms with Gasteiger partial charge in [0, 0.05) is 24.0 Å². The average Bonchev–Trinajstić information content (AvgIpc) is 3.27. The maximum absolute atomic E-state index is 12.1. The van der Waals surface area contributed by atoms with Crippen LogP contribution in [0.25, 0.3) is 0 Å². The summed E-state index contributed by atoms with van der Waals surface area (Å²) in [6.45, 7) is 3.89. The molecule has 0 saturated heterocycles. The van der Waals surface area contributed by atoms with Gasteiger partial charge >= 0.3 is 6.03 Å². The Bertz CT molecular complexity index is 982. The van der Waals surface area contributed by atoms with Crippen molar-refractivity contribution < 1.29 is 9.59 Å². The number of amides is 3. The van der Waals surface area contributed by atoms with Crippen LogP contribution in [0.3, 0.4) is 0 Å². The van der Waals surface area contributed by atoms with Crippen LogP contribution in [0.2, 0.25) is 0 Å². The molecule has 0 fully saturated rings. The average molecular weight is 416 g/mol. The molecular weight excluding hydrogens is 394 g/mol. The molecule has 2 N–H and O–H groups in total. The first-order valence-corrected chi connectivity index (χ1v) is 10.5. The highest BCUT2D eigenvalue weighted by Crippen LogP contribution is 2.19. The van der Waals surface area contributed by atoms with E-state index in [9.17, 15) is 9.59 Å². The Hall–Kier alpha value is -2.65. The number of rotatable bonds is 6. The number of hydrogen-bond acceptors (Lipinski definition) is 6. The number of benzene rings is 1. The predicted octanol–water partition coefficient (Wildman–Crippen LogP) is 3.52. The first kappa shape index (κ1) is 20.1. The molecule has 2 aromatic heterocycles. The third-order valence-corrected chi connectivity index (χ3v) is 5.95. The summed E-state index contributed by atoms with van der Waals surface area (Å²) in [4.78, 5) is 25.3. The van der Waals surface area contributed by atoms with Crippen LogP contribution >= 0.6 is 23.1 Å². The van der Waals surface area contributed by atoms with E-state index >= 15 is 0 Å². The number of nitrogens with one attached hydrogen (secondary N) is 2. The maximum atomic E-state index is 12.1. The zero-order chi connectivity index (χ0) is 20.1. The van der Waals surface area contributed by atoms with E-state index in [4.69, 9.17) is 0 Å². The molecule has 0 saturated carbocycles. The summed E-state index contributed by atoms with van der Waals surface area (Å²) >= 11 is 2.91. The Morgan fingerprint density at radius 1 is 1.21 bits per heavy atom. The molecule has 0 atom stereocenters. The third-order valence-electron chi connectivity index (χ3n) is 4.05. The number of thioether (sulfide) groups is 1. The molecule has 1 aromatic carbocycles.